The monoisotopic (exact) mass is 521 g/mol. The molecule has 1 N–H and O–H groups in total. The van der Waals surface area contributed by atoms with Gasteiger partial charge in [-0.1, -0.05) is 61.5 Å². The number of amides is 2. The number of nitrogens with zero attached hydrogens (tertiary/aromatic N) is 2. The molecule has 0 aliphatic carbocycles. The number of benzene rings is 3. The number of aryl methyl sites for hydroxylation is 2. The molecule has 0 saturated heterocycles. The number of hydrogen-bond donors (Lipinski definition) is 1. The van der Waals surface area contributed by atoms with Crippen molar-refractivity contribution in [1.82, 2.24) is 10.2 Å². The summed E-state index contributed by atoms with van der Waals surface area (Å²) in [4.78, 5) is 28.4. The molecular weight excluding hydrogens is 486 g/mol. The molecular formula is C29H35N3O4S. The zero-order valence-corrected chi connectivity index (χ0v) is 22.7. The first-order valence-electron chi connectivity index (χ1n) is 12.4. The molecule has 3 rings (SSSR count). The lowest BCUT2D eigenvalue weighted by molar-refractivity contribution is -0.140. The number of anilines is 1. The number of nitrogens with one attached hydrogen (secondary N) is 1. The van der Waals surface area contributed by atoms with Crippen molar-refractivity contribution in [3.63, 3.8) is 0 Å². The highest BCUT2D eigenvalue weighted by Crippen LogP contribution is 2.26. The van der Waals surface area contributed by atoms with E-state index in [1.165, 1.54) is 17.0 Å². The van der Waals surface area contributed by atoms with E-state index in [0.717, 1.165) is 21.0 Å². The minimum atomic E-state index is -4.06. The van der Waals surface area contributed by atoms with Crippen LogP contribution in [0.25, 0.3) is 0 Å². The lowest BCUT2D eigenvalue weighted by atomic mass is 10.1. The Morgan fingerprint density at radius 1 is 0.865 bits per heavy atom. The van der Waals surface area contributed by atoms with Gasteiger partial charge in [0.1, 0.15) is 12.6 Å². The number of hydrogen-bond acceptors (Lipinski definition) is 4. The second kappa shape index (κ2) is 12.5. The number of likely N-dealkylation sites (N-methyl/N-ethyl adjacent to an activating group) is 1. The van der Waals surface area contributed by atoms with Crippen LogP contribution >= 0.6 is 0 Å². The fourth-order valence-electron chi connectivity index (χ4n) is 4.12. The Hall–Kier alpha value is -3.65. The van der Waals surface area contributed by atoms with E-state index in [-0.39, 0.29) is 17.3 Å². The molecule has 0 aliphatic rings. The van der Waals surface area contributed by atoms with Gasteiger partial charge in [-0.15, -0.1) is 0 Å². The number of rotatable bonds is 11. The normalized spacial score (nSPS) is 12.0. The molecule has 0 saturated carbocycles. The van der Waals surface area contributed by atoms with E-state index in [0.29, 0.717) is 18.7 Å². The van der Waals surface area contributed by atoms with E-state index in [2.05, 4.69) is 5.32 Å². The molecule has 1 atom stereocenters. The van der Waals surface area contributed by atoms with Crippen molar-refractivity contribution < 1.29 is 18.0 Å². The summed E-state index contributed by atoms with van der Waals surface area (Å²) in [7, 11) is -4.06. The molecule has 3 aromatic carbocycles. The zero-order chi connectivity index (χ0) is 27.0. The average molecular weight is 522 g/mol. The van der Waals surface area contributed by atoms with Gasteiger partial charge in [0.2, 0.25) is 11.8 Å². The molecule has 0 bridgehead atoms. The summed E-state index contributed by atoms with van der Waals surface area (Å²) in [6, 6.07) is 22.0. The van der Waals surface area contributed by atoms with Crippen molar-refractivity contribution in [1.29, 1.82) is 0 Å². The van der Waals surface area contributed by atoms with Gasteiger partial charge in [0.15, 0.2) is 0 Å². The van der Waals surface area contributed by atoms with Gasteiger partial charge < -0.3 is 10.2 Å². The van der Waals surface area contributed by atoms with Gasteiger partial charge >= 0.3 is 0 Å². The van der Waals surface area contributed by atoms with Crippen molar-refractivity contribution in [2.45, 2.75) is 51.6 Å². The van der Waals surface area contributed by atoms with E-state index in [1.807, 2.05) is 64.1 Å². The van der Waals surface area contributed by atoms with Crippen LogP contribution in [0.2, 0.25) is 0 Å². The minimum absolute atomic E-state index is 0.0893. The van der Waals surface area contributed by atoms with Gasteiger partial charge in [-0.25, -0.2) is 8.42 Å². The van der Waals surface area contributed by atoms with Crippen LogP contribution in [0.3, 0.4) is 0 Å². The molecule has 0 heterocycles. The first-order valence-corrected chi connectivity index (χ1v) is 13.9. The second-order valence-electron chi connectivity index (χ2n) is 8.92. The maximum atomic E-state index is 13.9. The third-order valence-corrected chi connectivity index (χ3v) is 8.11. The third-order valence-electron chi connectivity index (χ3n) is 6.32. The van der Waals surface area contributed by atoms with Crippen molar-refractivity contribution >= 4 is 27.5 Å². The van der Waals surface area contributed by atoms with Crippen molar-refractivity contribution in [3.8, 4) is 0 Å². The Morgan fingerprint density at radius 2 is 1.49 bits per heavy atom. The molecule has 0 fully saturated rings. The van der Waals surface area contributed by atoms with Gasteiger partial charge in [0, 0.05) is 13.1 Å². The van der Waals surface area contributed by atoms with Crippen molar-refractivity contribution in [2.75, 3.05) is 17.4 Å². The third kappa shape index (κ3) is 6.77. The van der Waals surface area contributed by atoms with E-state index in [9.17, 15) is 18.0 Å². The molecule has 0 spiro atoms. The Morgan fingerprint density at radius 3 is 2.05 bits per heavy atom. The number of carbonyl (C=O) groups is 2. The van der Waals surface area contributed by atoms with Crippen LogP contribution < -0.4 is 9.62 Å². The van der Waals surface area contributed by atoms with Gasteiger partial charge in [-0.3, -0.25) is 13.9 Å². The van der Waals surface area contributed by atoms with Crippen LogP contribution in [-0.4, -0.2) is 44.3 Å². The van der Waals surface area contributed by atoms with E-state index in [4.69, 9.17) is 0 Å². The van der Waals surface area contributed by atoms with Gasteiger partial charge in [0.25, 0.3) is 10.0 Å². The van der Waals surface area contributed by atoms with E-state index in [1.54, 1.807) is 30.3 Å². The highest BCUT2D eigenvalue weighted by molar-refractivity contribution is 7.92. The van der Waals surface area contributed by atoms with Crippen LogP contribution in [0, 0.1) is 13.8 Å². The largest absolute Gasteiger partial charge is 0.355 e. The maximum Gasteiger partial charge on any atom is 0.264 e. The summed E-state index contributed by atoms with van der Waals surface area (Å²) < 4.78 is 28.7. The SMILES string of the molecule is CCNC(=O)C(CC)N(Cc1ccccc1)C(=O)CN(c1ccc(C)c(C)c1)S(=O)(=O)c1ccccc1. The quantitative estimate of drug-likeness (QED) is 0.404. The predicted octanol–water partition coefficient (Wildman–Crippen LogP) is 4.44. The van der Waals surface area contributed by atoms with E-state index < -0.39 is 28.5 Å². The highest BCUT2D eigenvalue weighted by Gasteiger charge is 2.33. The lowest BCUT2D eigenvalue weighted by Crippen LogP contribution is -2.52. The van der Waals surface area contributed by atoms with Gasteiger partial charge in [-0.2, -0.15) is 0 Å². The molecule has 0 radical (unpaired) electrons. The van der Waals surface area contributed by atoms with Crippen LogP contribution in [0.15, 0.2) is 83.8 Å². The summed E-state index contributed by atoms with van der Waals surface area (Å²) in [5.74, 6) is -0.724. The molecule has 37 heavy (non-hydrogen) atoms. The second-order valence-corrected chi connectivity index (χ2v) is 10.8. The fraction of sp³-hybridized carbons (Fsp3) is 0.310. The molecule has 0 aliphatic heterocycles. The summed E-state index contributed by atoms with van der Waals surface area (Å²) in [6.45, 7) is 7.68. The first kappa shape index (κ1) is 27.9. The zero-order valence-electron chi connectivity index (χ0n) is 21.8. The Balaban J connectivity index is 2.06. The Labute approximate surface area is 220 Å². The fourth-order valence-corrected chi connectivity index (χ4v) is 5.55. The van der Waals surface area contributed by atoms with Crippen LogP contribution in [0.1, 0.15) is 37.0 Å². The highest BCUT2D eigenvalue weighted by atomic mass is 32.2. The number of sulfonamides is 1. The van der Waals surface area contributed by atoms with Gasteiger partial charge in [0.05, 0.1) is 10.6 Å². The van der Waals surface area contributed by atoms with Gasteiger partial charge in [-0.05, 0) is 68.1 Å². The van der Waals surface area contributed by atoms with Crippen molar-refractivity contribution in [2.24, 2.45) is 0 Å². The topological polar surface area (TPSA) is 86.8 Å². The Kier molecular flexibility index (Phi) is 9.47. The molecule has 8 heteroatoms. The molecule has 3 aromatic rings. The molecule has 0 aromatic heterocycles. The average Bonchev–Trinajstić information content (AvgIpc) is 2.90. The van der Waals surface area contributed by atoms with Crippen LogP contribution in [0.4, 0.5) is 5.69 Å². The number of carbonyl (C=O) groups excluding carboxylic acids is 2. The van der Waals surface area contributed by atoms with Crippen LogP contribution in [-0.2, 0) is 26.2 Å². The standard InChI is InChI=1S/C29H35N3O4S/c1-5-27(29(34)30-6-2)31(20-24-13-9-7-10-14-24)28(33)21-32(25-18-17-22(3)23(4)19-25)37(35,36)26-15-11-8-12-16-26/h7-19,27H,5-6,20-21H2,1-4H3,(H,30,34). The molecule has 1 unspecified atom stereocenters. The van der Waals surface area contributed by atoms with Crippen LogP contribution in [0.5, 0.6) is 0 Å². The summed E-state index contributed by atoms with van der Waals surface area (Å²) >= 11 is 0. The summed E-state index contributed by atoms with van der Waals surface area (Å²) in [6.07, 6.45) is 0.388. The maximum absolute atomic E-state index is 13.9. The van der Waals surface area contributed by atoms with E-state index >= 15 is 0 Å². The predicted molar refractivity (Wildman–Crippen MR) is 147 cm³/mol. The molecule has 7 nitrogen and oxygen atoms in total. The summed E-state index contributed by atoms with van der Waals surface area (Å²) in [5.41, 5.74) is 3.17. The molecule has 2 amide bonds. The Bertz CT molecular complexity index is 1310. The first-order chi connectivity index (χ1) is 17.7. The summed E-state index contributed by atoms with van der Waals surface area (Å²) in [5, 5.41) is 2.81. The lowest BCUT2D eigenvalue weighted by Gasteiger charge is -2.33. The van der Waals surface area contributed by atoms with Crippen molar-refractivity contribution in [3.05, 3.63) is 95.6 Å². The molecule has 196 valence electrons. The minimum Gasteiger partial charge on any atom is -0.355 e. The smallest absolute Gasteiger partial charge is 0.264 e.